The fourth-order valence-corrected chi connectivity index (χ4v) is 5.19. The second-order valence-electron chi connectivity index (χ2n) is 7.89. The van der Waals surface area contributed by atoms with E-state index < -0.39 is 0 Å². The van der Waals surface area contributed by atoms with Crippen molar-refractivity contribution in [2.45, 2.75) is 44.1 Å². The predicted octanol–water partition coefficient (Wildman–Crippen LogP) is 7.27. The minimum Gasteiger partial charge on any atom is -0.240 e. The van der Waals surface area contributed by atoms with Crippen LogP contribution in [0.1, 0.15) is 43.2 Å². The summed E-state index contributed by atoms with van der Waals surface area (Å²) < 4.78 is 0. The lowest BCUT2D eigenvalue weighted by Crippen LogP contribution is -2.09. The molecule has 0 unspecified atom stereocenters. The molecule has 4 rings (SSSR count). The van der Waals surface area contributed by atoms with Gasteiger partial charge in [-0.05, 0) is 37.3 Å². The largest absolute Gasteiger partial charge is 0.240 e. The highest BCUT2D eigenvalue weighted by Crippen LogP contribution is 2.36. The molecule has 1 saturated carbocycles. The molecule has 0 radical (unpaired) electrons. The molecular formula is C26H26N2S. The second kappa shape index (κ2) is 9.29. The number of thioether (sulfide) groups is 1. The number of aryl methyl sites for hydroxylation is 1. The quantitative estimate of drug-likeness (QED) is 0.424. The summed E-state index contributed by atoms with van der Waals surface area (Å²) in [5.41, 5.74) is 6.01. The zero-order chi connectivity index (χ0) is 20.1. The number of hydrogen-bond acceptors (Lipinski definition) is 3. The predicted molar refractivity (Wildman–Crippen MR) is 122 cm³/mol. The third kappa shape index (κ3) is 4.71. The molecule has 0 aliphatic heterocycles. The standard InChI is InChI=1S/C26H26N2S/c1-19-12-14-22(15-13-19)25-16-23(21-10-6-3-7-11-21)24(17-27)26(28-25)29-18-20-8-4-2-5-9-20/h3,6-7,10-16,20H,2,4-5,8-9,18H2,1H3. The van der Waals surface area contributed by atoms with Crippen molar-refractivity contribution in [2.75, 3.05) is 5.75 Å². The molecule has 0 spiro atoms. The smallest absolute Gasteiger partial charge is 0.115 e. The first-order valence-electron chi connectivity index (χ1n) is 10.4. The van der Waals surface area contributed by atoms with Crippen LogP contribution in [0.4, 0.5) is 0 Å². The molecule has 1 aliphatic carbocycles. The van der Waals surface area contributed by atoms with Gasteiger partial charge in [-0.15, -0.1) is 11.8 Å². The van der Waals surface area contributed by atoms with Crippen LogP contribution in [0.2, 0.25) is 0 Å². The van der Waals surface area contributed by atoms with Crippen LogP contribution in [0.5, 0.6) is 0 Å². The van der Waals surface area contributed by atoms with Crippen LogP contribution in [-0.4, -0.2) is 10.7 Å². The third-order valence-corrected chi connectivity index (χ3v) is 6.92. The van der Waals surface area contributed by atoms with Crippen molar-refractivity contribution >= 4 is 11.8 Å². The molecule has 0 atom stereocenters. The van der Waals surface area contributed by atoms with Crippen LogP contribution < -0.4 is 0 Å². The van der Waals surface area contributed by atoms with E-state index in [1.165, 1.54) is 37.7 Å². The van der Waals surface area contributed by atoms with E-state index in [0.717, 1.165) is 39.1 Å². The van der Waals surface area contributed by atoms with Gasteiger partial charge >= 0.3 is 0 Å². The van der Waals surface area contributed by atoms with Gasteiger partial charge in [0.15, 0.2) is 0 Å². The van der Waals surface area contributed by atoms with Gasteiger partial charge in [-0.2, -0.15) is 5.26 Å². The minimum atomic E-state index is 0.702. The van der Waals surface area contributed by atoms with Gasteiger partial charge in [-0.1, -0.05) is 79.4 Å². The Morgan fingerprint density at radius 3 is 2.38 bits per heavy atom. The minimum absolute atomic E-state index is 0.702. The summed E-state index contributed by atoms with van der Waals surface area (Å²) in [5.74, 6) is 1.79. The van der Waals surface area contributed by atoms with Gasteiger partial charge in [0.25, 0.3) is 0 Å². The molecule has 0 saturated heterocycles. The molecule has 3 heteroatoms. The summed E-state index contributed by atoms with van der Waals surface area (Å²) in [6, 6.07) is 23.2. The highest BCUT2D eigenvalue weighted by Gasteiger charge is 2.19. The molecular weight excluding hydrogens is 372 g/mol. The van der Waals surface area contributed by atoms with Crippen LogP contribution in [0, 0.1) is 24.2 Å². The number of nitrogens with zero attached hydrogens (tertiary/aromatic N) is 2. The van der Waals surface area contributed by atoms with E-state index in [2.05, 4.69) is 55.5 Å². The summed E-state index contributed by atoms with van der Waals surface area (Å²) in [7, 11) is 0. The number of nitriles is 1. The van der Waals surface area contributed by atoms with Crippen molar-refractivity contribution in [3.05, 3.63) is 71.8 Å². The molecule has 1 heterocycles. The van der Waals surface area contributed by atoms with Crippen molar-refractivity contribution in [1.29, 1.82) is 5.26 Å². The van der Waals surface area contributed by atoms with Crippen LogP contribution in [0.15, 0.2) is 65.7 Å². The molecule has 3 aromatic rings. The molecule has 1 fully saturated rings. The van der Waals surface area contributed by atoms with Crippen LogP contribution in [0.3, 0.4) is 0 Å². The molecule has 1 aliphatic rings. The maximum atomic E-state index is 9.99. The number of aromatic nitrogens is 1. The second-order valence-corrected chi connectivity index (χ2v) is 8.90. The number of pyridine rings is 1. The topological polar surface area (TPSA) is 36.7 Å². The van der Waals surface area contributed by atoms with Crippen LogP contribution in [0.25, 0.3) is 22.4 Å². The van der Waals surface area contributed by atoms with Gasteiger partial charge in [-0.25, -0.2) is 4.98 Å². The molecule has 0 amide bonds. The van der Waals surface area contributed by atoms with E-state index >= 15 is 0 Å². The number of hydrogen-bond donors (Lipinski definition) is 0. The lowest BCUT2D eigenvalue weighted by atomic mass is 9.91. The SMILES string of the molecule is Cc1ccc(-c2cc(-c3ccccc3)c(C#N)c(SCC3CCCCC3)n2)cc1. The fourth-order valence-electron chi connectivity index (χ4n) is 4.00. The van der Waals surface area contributed by atoms with Gasteiger partial charge in [0.2, 0.25) is 0 Å². The van der Waals surface area contributed by atoms with Gasteiger partial charge in [0, 0.05) is 16.9 Å². The average Bonchev–Trinajstić information content (AvgIpc) is 2.79. The lowest BCUT2D eigenvalue weighted by molar-refractivity contribution is 0.391. The Balaban J connectivity index is 1.76. The normalized spacial score (nSPS) is 14.5. The van der Waals surface area contributed by atoms with Gasteiger partial charge in [-0.3, -0.25) is 0 Å². The first-order chi connectivity index (χ1) is 14.2. The van der Waals surface area contributed by atoms with Crippen molar-refractivity contribution in [3.8, 4) is 28.5 Å². The number of benzene rings is 2. The zero-order valence-corrected chi connectivity index (χ0v) is 17.7. The monoisotopic (exact) mass is 398 g/mol. The average molecular weight is 399 g/mol. The summed E-state index contributed by atoms with van der Waals surface area (Å²) >= 11 is 1.77. The van der Waals surface area contributed by atoms with Crippen LogP contribution in [-0.2, 0) is 0 Å². The number of rotatable bonds is 5. The first-order valence-corrected chi connectivity index (χ1v) is 11.4. The molecule has 2 nitrogen and oxygen atoms in total. The summed E-state index contributed by atoms with van der Waals surface area (Å²) in [4.78, 5) is 4.95. The molecule has 2 aromatic carbocycles. The maximum absolute atomic E-state index is 9.99. The first kappa shape index (κ1) is 19.7. The van der Waals surface area contributed by atoms with E-state index in [1.54, 1.807) is 11.8 Å². The van der Waals surface area contributed by atoms with E-state index in [-0.39, 0.29) is 0 Å². The van der Waals surface area contributed by atoms with E-state index in [9.17, 15) is 5.26 Å². The van der Waals surface area contributed by atoms with Gasteiger partial charge < -0.3 is 0 Å². The van der Waals surface area contributed by atoms with Gasteiger partial charge in [0.05, 0.1) is 11.3 Å². The lowest BCUT2D eigenvalue weighted by Gasteiger charge is -2.21. The fraction of sp³-hybridized carbons (Fsp3) is 0.308. The Hall–Kier alpha value is -2.57. The highest BCUT2D eigenvalue weighted by molar-refractivity contribution is 7.99. The van der Waals surface area contributed by atoms with E-state index in [1.807, 2.05) is 18.2 Å². The zero-order valence-electron chi connectivity index (χ0n) is 16.9. The summed E-state index contributed by atoms with van der Waals surface area (Å²) in [6.45, 7) is 2.09. The maximum Gasteiger partial charge on any atom is 0.115 e. The third-order valence-electron chi connectivity index (χ3n) is 5.71. The van der Waals surface area contributed by atoms with Crippen molar-refractivity contribution in [1.82, 2.24) is 4.98 Å². The Morgan fingerprint density at radius 2 is 1.69 bits per heavy atom. The Bertz CT molecular complexity index is 997. The van der Waals surface area contributed by atoms with Crippen molar-refractivity contribution < 1.29 is 0 Å². The van der Waals surface area contributed by atoms with Crippen molar-refractivity contribution in [2.24, 2.45) is 5.92 Å². The van der Waals surface area contributed by atoms with Crippen molar-refractivity contribution in [3.63, 3.8) is 0 Å². The summed E-state index contributed by atoms with van der Waals surface area (Å²) in [6.07, 6.45) is 6.64. The van der Waals surface area contributed by atoms with E-state index in [0.29, 0.717) is 5.56 Å². The molecule has 0 N–H and O–H groups in total. The molecule has 0 bridgehead atoms. The van der Waals surface area contributed by atoms with Gasteiger partial charge in [0.1, 0.15) is 11.1 Å². The molecule has 146 valence electrons. The Labute approximate surface area is 178 Å². The molecule has 1 aromatic heterocycles. The Morgan fingerprint density at radius 1 is 0.966 bits per heavy atom. The Kier molecular flexibility index (Phi) is 6.32. The van der Waals surface area contributed by atoms with E-state index in [4.69, 9.17) is 4.98 Å². The molecule has 29 heavy (non-hydrogen) atoms. The van der Waals surface area contributed by atoms with Crippen LogP contribution >= 0.6 is 11.8 Å². The summed E-state index contributed by atoms with van der Waals surface area (Å²) in [5, 5.41) is 10.9. The highest BCUT2D eigenvalue weighted by atomic mass is 32.2.